The van der Waals surface area contributed by atoms with Gasteiger partial charge in [0.2, 0.25) is 0 Å². The summed E-state index contributed by atoms with van der Waals surface area (Å²) in [5, 5.41) is 29.6. The molecule has 92 valence electrons. The molecule has 1 saturated heterocycles. The summed E-state index contributed by atoms with van der Waals surface area (Å²) in [4.78, 5) is 12.0. The Morgan fingerprint density at radius 2 is 1.94 bits per heavy atom. The van der Waals surface area contributed by atoms with Gasteiger partial charge < -0.3 is 15.1 Å². The van der Waals surface area contributed by atoms with Crippen molar-refractivity contribution in [2.45, 2.75) is 19.1 Å². The highest BCUT2D eigenvalue weighted by Crippen LogP contribution is 2.28. The van der Waals surface area contributed by atoms with Crippen LogP contribution in [0.4, 0.5) is 11.4 Å². The van der Waals surface area contributed by atoms with E-state index in [-0.39, 0.29) is 5.69 Å². The van der Waals surface area contributed by atoms with Gasteiger partial charge >= 0.3 is 0 Å². The zero-order valence-corrected chi connectivity index (χ0v) is 9.41. The average Bonchev–Trinajstić information content (AvgIpc) is 2.59. The van der Waals surface area contributed by atoms with Gasteiger partial charge in [0.25, 0.3) is 5.69 Å². The molecule has 1 fully saturated rings. The Bertz CT molecular complexity index is 439. The van der Waals surface area contributed by atoms with Crippen LogP contribution in [0.2, 0.25) is 0 Å². The van der Waals surface area contributed by atoms with Crippen LogP contribution < -0.4 is 4.90 Å². The molecule has 1 heterocycles. The molecule has 0 saturated carbocycles. The zero-order chi connectivity index (χ0) is 12.6. The molecule has 2 N–H and O–H groups in total. The molecule has 1 aromatic carbocycles. The lowest BCUT2D eigenvalue weighted by Gasteiger charge is -2.19. The van der Waals surface area contributed by atoms with E-state index in [1.807, 2.05) is 6.92 Å². The van der Waals surface area contributed by atoms with Crippen LogP contribution in [0, 0.1) is 17.0 Å². The zero-order valence-electron chi connectivity index (χ0n) is 9.41. The van der Waals surface area contributed by atoms with Crippen molar-refractivity contribution in [1.82, 2.24) is 0 Å². The first-order chi connectivity index (χ1) is 7.99. The first kappa shape index (κ1) is 11.8. The highest BCUT2D eigenvalue weighted by atomic mass is 16.6. The second kappa shape index (κ2) is 4.31. The van der Waals surface area contributed by atoms with E-state index in [1.165, 1.54) is 12.1 Å². The van der Waals surface area contributed by atoms with E-state index in [0.717, 1.165) is 5.56 Å². The Balaban J connectivity index is 2.32. The van der Waals surface area contributed by atoms with Crippen LogP contribution in [-0.2, 0) is 0 Å². The van der Waals surface area contributed by atoms with Gasteiger partial charge in [-0.2, -0.15) is 0 Å². The number of anilines is 1. The summed E-state index contributed by atoms with van der Waals surface area (Å²) < 4.78 is 0. The minimum absolute atomic E-state index is 0.0153. The lowest BCUT2D eigenvalue weighted by Crippen LogP contribution is -2.22. The van der Waals surface area contributed by atoms with E-state index in [4.69, 9.17) is 0 Å². The van der Waals surface area contributed by atoms with E-state index in [1.54, 1.807) is 11.0 Å². The van der Waals surface area contributed by atoms with Gasteiger partial charge in [0.15, 0.2) is 0 Å². The minimum Gasteiger partial charge on any atom is -0.389 e. The third-order valence-corrected chi connectivity index (χ3v) is 3.00. The third-order valence-electron chi connectivity index (χ3n) is 3.00. The molecule has 6 nitrogen and oxygen atoms in total. The Kier molecular flexibility index (Phi) is 2.99. The average molecular weight is 238 g/mol. The number of nitrogens with zero attached hydrogens (tertiary/aromatic N) is 2. The van der Waals surface area contributed by atoms with Crippen molar-refractivity contribution in [2.75, 3.05) is 18.0 Å². The number of aryl methyl sites for hydroxylation is 1. The quantitative estimate of drug-likeness (QED) is 0.577. The largest absolute Gasteiger partial charge is 0.389 e. The molecule has 0 aliphatic carbocycles. The fraction of sp³-hybridized carbons (Fsp3) is 0.455. The molecule has 1 aliphatic rings. The topological polar surface area (TPSA) is 86.8 Å². The minimum atomic E-state index is -0.798. The lowest BCUT2D eigenvalue weighted by molar-refractivity contribution is -0.384. The molecular weight excluding hydrogens is 224 g/mol. The molecule has 1 aliphatic heterocycles. The van der Waals surface area contributed by atoms with Gasteiger partial charge in [0.05, 0.1) is 17.1 Å². The smallest absolute Gasteiger partial charge is 0.271 e. The molecule has 0 aromatic heterocycles. The van der Waals surface area contributed by atoms with Gasteiger partial charge in [-0.25, -0.2) is 0 Å². The second-order valence-corrected chi connectivity index (χ2v) is 4.27. The summed E-state index contributed by atoms with van der Waals surface area (Å²) >= 11 is 0. The van der Waals surface area contributed by atoms with Crippen LogP contribution in [0.15, 0.2) is 18.2 Å². The van der Waals surface area contributed by atoms with Crippen LogP contribution in [0.1, 0.15) is 5.56 Å². The predicted molar refractivity (Wildman–Crippen MR) is 62.1 cm³/mol. The fourth-order valence-corrected chi connectivity index (χ4v) is 2.02. The number of benzene rings is 1. The summed E-state index contributed by atoms with van der Waals surface area (Å²) in [6, 6.07) is 4.59. The standard InChI is InChI=1S/C11H14N2O4/c1-7-2-3-8(13(16)17)4-9(7)12-5-10(14)11(15)6-12/h2-4,10-11,14-15H,5-6H2,1H3. The molecule has 0 spiro atoms. The first-order valence-corrected chi connectivity index (χ1v) is 5.35. The van der Waals surface area contributed by atoms with Gasteiger partial charge in [0.1, 0.15) is 0 Å². The van der Waals surface area contributed by atoms with Crippen molar-refractivity contribution in [2.24, 2.45) is 0 Å². The summed E-state index contributed by atoms with van der Waals surface area (Å²) in [6.07, 6.45) is -1.60. The number of aliphatic hydroxyl groups is 2. The predicted octanol–water partition coefficient (Wildman–Crippen LogP) is 0.445. The molecule has 0 amide bonds. The number of aliphatic hydroxyl groups excluding tert-OH is 2. The highest BCUT2D eigenvalue weighted by Gasteiger charge is 2.30. The van der Waals surface area contributed by atoms with Crippen LogP contribution in [0.3, 0.4) is 0 Å². The second-order valence-electron chi connectivity index (χ2n) is 4.27. The van der Waals surface area contributed by atoms with Crippen molar-refractivity contribution >= 4 is 11.4 Å². The molecule has 0 bridgehead atoms. The molecule has 1 aromatic rings. The number of hydrogen-bond acceptors (Lipinski definition) is 5. The van der Waals surface area contributed by atoms with Gasteiger partial charge in [-0.15, -0.1) is 0 Å². The molecule has 6 heteroatoms. The Hall–Kier alpha value is -1.66. The third kappa shape index (κ3) is 2.22. The van der Waals surface area contributed by atoms with E-state index in [9.17, 15) is 20.3 Å². The number of β-amino-alcohol motifs (C(OH)–C–C–N with tert-alkyl or cyclic N) is 2. The summed E-state index contributed by atoms with van der Waals surface area (Å²) in [7, 11) is 0. The van der Waals surface area contributed by atoms with E-state index >= 15 is 0 Å². The van der Waals surface area contributed by atoms with E-state index in [0.29, 0.717) is 18.8 Å². The molecular formula is C11H14N2O4. The van der Waals surface area contributed by atoms with Crippen LogP contribution in [0.5, 0.6) is 0 Å². The van der Waals surface area contributed by atoms with Crippen LogP contribution >= 0.6 is 0 Å². The van der Waals surface area contributed by atoms with Crippen molar-refractivity contribution in [1.29, 1.82) is 0 Å². The van der Waals surface area contributed by atoms with Gasteiger partial charge in [0, 0.05) is 30.9 Å². The lowest BCUT2D eigenvalue weighted by atomic mass is 10.1. The maximum absolute atomic E-state index is 10.7. The molecule has 0 radical (unpaired) electrons. The fourth-order valence-electron chi connectivity index (χ4n) is 2.02. The Labute approximate surface area is 98.3 Å². The molecule has 17 heavy (non-hydrogen) atoms. The normalized spacial score (nSPS) is 24.1. The number of non-ortho nitro benzene ring substituents is 1. The van der Waals surface area contributed by atoms with Crippen LogP contribution in [0.25, 0.3) is 0 Å². The molecule has 2 atom stereocenters. The van der Waals surface area contributed by atoms with Gasteiger partial charge in [-0.3, -0.25) is 10.1 Å². The summed E-state index contributed by atoms with van der Waals surface area (Å²) in [5.41, 5.74) is 1.59. The number of rotatable bonds is 2. The Morgan fingerprint density at radius 1 is 1.35 bits per heavy atom. The Morgan fingerprint density at radius 3 is 2.47 bits per heavy atom. The summed E-state index contributed by atoms with van der Waals surface area (Å²) in [6.45, 7) is 2.43. The van der Waals surface area contributed by atoms with Crippen molar-refractivity contribution in [3.05, 3.63) is 33.9 Å². The number of nitro groups is 1. The first-order valence-electron chi connectivity index (χ1n) is 5.35. The summed E-state index contributed by atoms with van der Waals surface area (Å²) in [5.74, 6) is 0. The number of nitro benzene ring substituents is 1. The van der Waals surface area contributed by atoms with E-state index in [2.05, 4.69) is 0 Å². The van der Waals surface area contributed by atoms with Crippen molar-refractivity contribution < 1.29 is 15.1 Å². The highest BCUT2D eigenvalue weighted by molar-refractivity contribution is 5.59. The van der Waals surface area contributed by atoms with Crippen molar-refractivity contribution in [3.63, 3.8) is 0 Å². The van der Waals surface area contributed by atoms with E-state index < -0.39 is 17.1 Å². The number of hydrogen-bond donors (Lipinski definition) is 2. The van der Waals surface area contributed by atoms with Gasteiger partial charge in [-0.1, -0.05) is 6.07 Å². The maximum atomic E-state index is 10.7. The molecule has 2 rings (SSSR count). The monoisotopic (exact) mass is 238 g/mol. The van der Waals surface area contributed by atoms with Crippen molar-refractivity contribution in [3.8, 4) is 0 Å². The SMILES string of the molecule is Cc1ccc([N+](=O)[O-])cc1N1CC(O)C(O)C1. The maximum Gasteiger partial charge on any atom is 0.271 e. The van der Waals surface area contributed by atoms with Gasteiger partial charge in [-0.05, 0) is 12.5 Å². The molecule has 2 unspecified atom stereocenters. The van der Waals surface area contributed by atoms with Crippen LogP contribution in [-0.4, -0.2) is 40.4 Å².